The summed E-state index contributed by atoms with van der Waals surface area (Å²) >= 11 is 0. The van der Waals surface area contributed by atoms with Crippen LogP contribution in [-0.4, -0.2) is 5.78 Å². The molecule has 0 radical (unpaired) electrons. The molecule has 17 heavy (non-hydrogen) atoms. The van der Waals surface area contributed by atoms with Gasteiger partial charge in [-0.1, -0.05) is 54.1 Å². The summed E-state index contributed by atoms with van der Waals surface area (Å²) in [5.74, 6) is 0.521. The second-order valence-corrected chi connectivity index (χ2v) is 4.68. The third-order valence-electron chi connectivity index (χ3n) is 3.47. The van der Waals surface area contributed by atoms with Crippen LogP contribution >= 0.6 is 0 Å². The minimum Gasteiger partial charge on any atom is -0.294 e. The minimum atomic E-state index is 0.249. The van der Waals surface area contributed by atoms with Gasteiger partial charge >= 0.3 is 0 Å². The van der Waals surface area contributed by atoms with Gasteiger partial charge in [0.2, 0.25) is 0 Å². The van der Waals surface area contributed by atoms with Crippen LogP contribution < -0.4 is 0 Å². The number of carbonyl (C=O) groups is 1. The van der Waals surface area contributed by atoms with Gasteiger partial charge in [0.15, 0.2) is 5.78 Å². The average molecular weight is 222 g/mol. The molecule has 3 rings (SSSR count). The molecule has 1 aliphatic rings. The van der Waals surface area contributed by atoms with Crippen LogP contribution in [0.1, 0.15) is 39.4 Å². The highest BCUT2D eigenvalue weighted by molar-refractivity contribution is 6.02. The van der Waals surface area contributed by atoms with Crippen molar-refractivity contribution in [3.63, 3.8) is 0 Å². The number of rotatable bonds is 1. The third kappa shape index (κ3) is 1.68. The Morgan fingerprint density at radius 3 is 2.59 bits per heavy atom. The summed E-state index contributed by atoms with van der Waals surface area (Å²) in [6.07, 6.45) is 0.614. The van der Waals surface area contributed by atoms with Crippen molar-refractivity contribution < 1.29 is 4.79 Å². The number of Topliss-reactive ketones (excluding diaryl/α,β-unsaturated/α-hetero) is 1. The summed E-state index contributed by atoms with van der Waals surface area (Å²) < 4.78 is 0. The van der Waals surface area contributed by atoms with Crippen molar-refractivity contribution in [3.8, 4) is 0 Å². The summed E-state index contributed by atoms with van der Waals surface area (Å²) in [5, 5.41) is 0. The van der Waals surface area contributed by atoms with Crippen LogP contribution in [0.3, 0.4) is 0 Å². The average Bonchev–Trinajstić information content (AvgIpc) is 2.67. The van der Waals surface area contributed by atoms with Crippen LogP contribution in [0.15, 0.2) is 48.5 Å². The van der Waals surface area contributed by atoms with Gasteiger partial charge in [-0.05, 0) is 18.1 Å². The number of hydrogen-bond donors (Lipinski definition) is 0. The van der Waals surface area contributed by atoms with Crippen molar-refractivity contribution >= 4 is 5.78 Å². The van der Waals surface area contributed by atoms with Crippen molar-refractivity contribution in [2.75, 3.05) is 0 Å². The van der Waals surface area contributed by atoms with Crippen LogP contribution in [0.5, 0.6) is 0 Å². The van der Waals surface area contributed by atoms with Crippen molar-refractivity contribution in [2.45, 2.75) is 19.3 Å². The Labute approximate surface area is 101 Å². The number of hydrogen-bond acceptors (Lipinski definition) is 1. The molecule has 0 unspecified atom stereocenters. The van der Waals surface area contributed by atoms with Crippen molar-refractivity contribution in [3.05, 3.63) is 70.8 Å². The zero-order valence-corrected chi connectivity index (χ0v) is 9.81. The molecular weight excluding hydrogens is 208 g/mol. The van der Waals surface area contributed by atoms with Gasteiger partial charge in [0.25, 0.3) is 0 Å². The number of ketones is 1. The quantitative estimate of drug-likeness (QED) is 0.718. The van der Waals surface area contributed by atoms with Gasteiger partial charge in [-0.3, -0.25) is 4.79 Å². The van der Waals surface area contributed by atoms with E-state index in [2.05, 4.69) is 25.1 Å². The van der Waals surface area contributed by atoms with E-state index in [1.54, 1.807) is 0 Å². The van der Waals surface area contributed by atoms with Gasteiger partial charge < -0.3 is 0 Å². The lowest BCUT2D eigenvalue weighted by molar-refractivity contribution is 0.0991. The molecule has 0 amide bonds. The summed E-state index contributed by atoms with van der Waals surface area (Å²) in [6.45, 7) is 2.07. The molecule has 0 N–H and O–H groups in total. The highest BCUT2D eigenvalue weighted by Gasteiger charge is 2.29. The molecular formula is C16H14O. The Kier molecular flexibility index (Phi) is 2.32. The van der Waals surface area contributed by atoms with E-state index >= 15 is 0 Å². The number of aryl methyl sites for hydroxylation is 1. The van der Waals surface area contributed by atoms with Crippen molar-refractivity contribution in [1.29, 1.82) is 0 Å². The normalized spacial score (nSPS) is 18.2. The molecule has 0 saturated carbocycles. The molecule has 2 aromatic carbocycles. The predicted molar refractivity (Wildman–Crippen MR) is 68.4 cm³/mol. The maximum Gasteiger partial charge on any atom is 0.164 e. The topological polar surface area (TPSA) is 17.1 Å². The Morgan fingerprint density at radius 2 is 1.82 bits per heavy atom. The van der Waals surface area contributed by atoms with E-state index in [1.165, 1.54) is 16.7 Å². The van der Waals surface area contributed by atoms with E-state index in [4.69, 9.17) is 0 Å². The molecule has 0 saturated heterocycles. The monoisotopic (exact) mass is 222 g/mol. The fourth-order valence-corrected chi connectivity index (χ4v) is 2.61. The summed E-state index contributed by atoms with van der Waals surface area (Å²) in [5.41, 5.74) is 4.57. The highest BCUT2D eigenvalue weighted by Crippen LogP contribution is 2.38. The first-order valence-corrected chi connectivity index (χ1v) is 5.94. The van der Waals surface area contributed by atoms with Crippen molar-refractivity contribution in [1.82, 2.24) is 0 Å². The molecule has 1 atom stereocenters. The smallest absolute Gasteiger partial charge is 0.164 e. The SMILES string of the molecule is Cc1ccc2c(c1)[C@@H](c1ccccc1)CC2=O. The zero-order chi connectivity index (χ0) is 11.8. The van der Waals surface area contributed by atoms with Gasteiger partial charge in [-0.15, -0.1) is 0 Å². The third-order valence-corrected chi connectivity index (χ3v) is 3.47. The lowest BCUT2D eigenvalue weighted by atomic mass is 9.92. The zero-order valence-electron chi connectivity index (χ0n) is 9.81. The molecule has 84 valence electrons. The highest BCUT2D eigenvalue weighted by atomic mass is 16.1. The van der Waals surface area contributed by atoms with Crippen LogP contribution in [0, 0.1) is 6.92 Å². The fourth-order valence-electron chi connectivity index (χ4n) is 2.61. The van der Waals surface area contributed by atoms with E-state index < -0.39 is 0 Å². The van der Waals surface area contributed by atoms with Crippen LogP contribution in [0.2, 0.25) is 0 Å². The van der Waals surface area contributed by atoms with Crippen LogP contribution in [-0.2, 0) is 0 Å². The number of benzene rings is 2. The molecule has 0 bridgehead atoms. The second kappa shape index (κ2) is 3.85. The van der Waals surface area contributed by atoms with Gasteiger partial charge in [0.05, 0.1) is 0 Å². The first-order valence-electron chi connectivity index (χ1n) is 5.94. The predicted octanol–water partition coefficient (Wildman–Crippen LogP) is 3.71. The fraction of sp³-hybridized carbons (Fsp3) is 0.188. The first kappa shape index (κ1) is 10.3. The first-order chi connectivity index (χ1) is 8.25. The van der Waals surface area contributed by atoms with Gasteiger partial charge in [-0.2, -0.15) is 0 Å². The maximum atomic E-state index is 12.0. The van der Waals surface area contributed by atoms with E-state index in [0.717, 1.165) is 5.56 Å². The standard InChI is InChI=1S/C16H14O/c1-11-7-8-13-15(9-11)14(10-16(13)17)12-5-3-2-4-6-12/h2-9,14H,10H2,1H3/t14-/m1/s1. The molecule has 0 aromatic heterocycles. The van der Waals surface area contributed by atoms with E-state index in [-0.39, 0.29) is 11.7 Å². The number of fused-ring (bicyclic) bond motifs is 1. The van der Waals surface area contributed by atoms with Crippen molar-refractivity contribution in [2.24, 2.45) is 0 Å². The molecule has 0 heterocycles. The number of carbonyl (C=O) groups excluding carboxylic acids is 1. The Morgan fingerprint density at radius 1 is 1.06 bits per heavy atom. The summed E-state index contributed by atoms with van der Waals surface area (Å²) in [7, 11) is 0. The molecule has 0 fully saturated rings. The largest absolute Gasteiger partial charge is 0.294 e. The van der Waals surface area contributed by atoms with Crippen LogP contribution in [0.25, 0.3) is 0 Å². The Bertz CT molecular complexity index is 569. The van der Waals surface area contributed by atoms with E-state index in [0.29, 0.717) is 6.42 Å². The van der Waals surface area contributed by atoms with Gasteiger partial charge in [0, 0.05) is 17.9 Å². The Hall–Kier alpha value is -1.89. The van der Waals surface area contributed by atoms with E-state index in [9.17, 15) is 4.79 Å². The lowest BCUT2D eigenvalue weighted by Gasteiger charge is -2.11. The lowest BCUT2D eigenvalue weighted by Crippen LogP contribution is -1.96. The second-order valence-electron chi connectivity index (χ2n) is 4.68. The van der Waals surface area contributed by atoms with Crippen LogP contribution in [0.4, 0.5) is 0 Å². The molecule has 1 nitrogen and oxygen atoms in total. The van der Waals surface area contributed by atoms with Gasteiger partial charge in [-0.25, -0.2) is 0 Å². The molecule has 0 spiro atoms. The van der Waals surface area contributed by atoms with E-state index in [1.807, 2.05) is 30.3 Å². The minimum absolute atomic E-state index is 0.249. The molecule has 1 heteroatoms. The molecule has 2 aromatic rings. The molecule has 0 aliphatic heterocycles. The summed E-state index contributed by atoms with van der Waals surface area (Å²) in [6, 6.07) is 16.4. The van der Waals surface area contributed by atoms with Gasteiger partial charge in [0.1, 0.15) is 0 Å². The molecule has 1 aliphatic carbocycles. The Balaban J connectivity index is 2.13. The maximum absolute atomic E-state index is 12.0. The summed E-state index contributed by atoms with van der Waals surface area (Å²) in [4.78, 5) is 12.0.